The summed E-state index contributed by atoms with van der Waals surface area (Å²) in [5.41, 5.74) is 0. The molecule has 0 N–H and O–H groups in total. The van der Waals surface area contributed by atoms with Crippen molar-refractivity contribution < 1.29 is 0 Å². The molecule has 0 aliphatic carbocycles. The third kappa shape index (κ3) is 2.70. The van der Waals surface area contributed by atoms with Crippen LogP contribution in [0.15, 0.2) is 133 Å². The monoisotopic (exact) mass is 464 g/mol. The normalized spacial score (nSPS) is 14.0. The number of hydrogen-bond acceptors (Lipinski definition) is 0. The minimum absolute atomic E-state index is 0.603. The van der Waals surface area contributed by atoms with Gasteiger partial charge in [-0.2, -0.15) is 0 Å². The molecular weight excluding hydrogens is 441 g/mol. The van der Waals surface area contributed by atoms with E-state index in [4.69, 9.17) is 0 Å². The fourth-order valence-electron chi connectivity index (χ4n) is 6.19. The van der Waals surface area contributed by atoms with Gasteiger partial charge in [-0.3, -0.25) is 0 Å². The van der Waals surface area contributed by atoms with Gasteiger partial charge in [0.2, 0.25) is 0 Å². The van der Waals surface area contributed by atoms with Gasteiger partial charge in [-0.25, -0.2) is 0 Å². The van der Waals surface area contributed by atoms with Crippen LogP contribution in [-0.2, 0) is 0 Å². The summed E-state index contributed by atoms with van der Waals surface area (Å²) in [6.45, 7) is 0. The van der Waals surface area contributed by atoms with Crippen molar-refractivity contribution in [1.29, 1.82) is 0 Å². The Kier molecular flexibility index (Phi) is 4.44. The molecule has 0 radical (unpaired) electrons. The Bertz CT molecular complexity index is 1630. The Labute approximate surface area is 203 Å². The minimum atomic E-state index is -2.31. The highest BCUT2D eigenvalue weighted by molar-refractivity contribution is 7.26. The van der Waals surface area contributed by atoms with Crippen LogP contribution in [0.1, 0.15) is 0 Å². The second kappa shape index (κ2) is 7.66. The first-order valence-electron chi connectivity index (χ1n) is 12.0. The third-order valence-electron chi connectivity index (χ3n) is 7.55. The summed E-state index contributed by atoms with van der Waals surface area (Å²) in [6.07, 6.45) is 0. The molecule has 1 heterocycles. The number of rotatable bonds is 4. The fraction of sp³-hybridized carbons (Fsp3) is 0. The van der Waals surface area contributed by atoms with Gasteiger partial charge in [0.05, 0.1) is 9.52 Å². The second-order valence-electron chi connectivity index (χ2n) is 9.31. The summed E-state index contributed by atoms with van der Waals surface area (Å²) in [6, 6.07) is 50.3. The van der Waals surface area contributed by atoms with Gasteiger partial charge in [-0.05, 0) is 42.3 Å². The highest BCUT2D eigenvalue weighted by atomic mass is 28.3. The Morgan fingerprint density at radius 3 is 1.53 bits per heavy atom. The molecule has 160 valence electrons. The Balaban J connectivity index is 1.58. The van der Waals surface area contributed by atoms with Crippen molar-refractivity contribution in [3.63, 3.8) is 0 Å². The first-order valence-corrected chi connectivity index (χ1v) is 15.4. The topological polar surface area (TPSA) is 0 Å². The zero-order valence-electron chi connectivity index (χ0n) is 18.9. The van der Waals surface area contributed by atoms with Crippen LogP contribution in [-0.4, -0.2) is 17.6 Å². The van der Waals surface area contributed by atoms with E-state index in [2.05, 4.69) is 133 Å². The number of fused-ring (bicyclic) bond motifs is 1. The van der Waals surface area contributed by atoms with Gasteiger partial charge >= 0.3 is 0 Å². The van der Waals surface area contributed by atoms with Crippen molar-refractivity contribution in [3.8, 4) is 0 Å². The van der Waals surface area contributed by atoms with E-state index >= 15 is 0 Å². The van der Waals surface area contributed by atoms with Gasteiger partial charge in [0.25, 0.3) is 0 Å². The van der Waals surface area contributed by atoms with E-state index in [1.807, 2.05) is 0 Å². The van der Waals surface area contributed by atoms with Crippen molar-refractivity contribution in [2.24, 2.45) is 0 Å². The summed E-state index contributed by atoms with van der Waals surface area (Å²) in [4.78, 5) is 0. The zero-order chi connectivity index (χ0) is 22.5. The molecular formula is C32H24Si2. The average molecular weight is 465 g/mol. The average Bonchev–Trinajstić information content (AvgIpc) is 2.90. The van der Waals surface area contributed by atoms with Crippen LogP contribution in [0.4, 0.5) is 0 Å². The second-order valence-corrected chi connectivity index (χ2v) is 14.9. The van der Waals surface area contributed by atoms with Gasteiger partial charge in [-0.15, -0.1) is 0 Å². The largest absolute Gasteiger partial charge is 0.181 e. The van der Waals surface area contributed by atoms with Gasteiger partial charge in [-0.1, -0.05) is 144 Å². The van der Waals surface area contributed by atoms with Crippen molar-refractivity contribution in [2.75, 3.05) is 0 Å². The molecule has 0 atom stereocenters. The van der Waals surface area contributed by atoms with Crippen LogP contribution < -0.4 is 31.1 Å². The van der Waals surface area contributed by atoms with Crippen LogP contribution in [0.5, 0.6) is 0 Å². The SMILES string of the molecule is c1ccc([SiH2]c2cccc3cccc([Si]4(c5ccccc5)c5cccc6cccc4c56)c23)cc1. The van der Waals surface area contributed by atoms with E-state index in [9.17, 15) is 0 Å². The molecule has 7 rings (SSSR count). The molecule has 0 saturated carbocycles. The summed E-state index contributed by atoms with van der Waals surface area (Å²) >= 11 is 0. The van der Waals surface area contributed by atoms with Crippen molar-refractivity contribution >= 4 is 70.3 Å². The maximum Gasteiger partial charge on any atom is 0.181 e. The summed E-state index contributed by atoms with van der Waals surface area (Å²) in [7, 11) is -2.91. The molecule has 0 saturated heterocycles. The highest BCUT2D eigenvalue weighted by Crippen LogP contribution is 2.27. The summed E-state index contributed by atoms with van der Waals surface area (Å²) in [5, 5.41) is 15.0. The Morgan fingerprint density at radius 1 is 0.412 bits per heavy atom. The van der Waals surface area contributed by atoms with E-state index in [-0.39, 0.29) is 0 Å². The van der Waals surface area contributed by atoms with Crippen LogP contribution in [0, 0.1) is 0 Å². The molecule has 0 aromatic heterocycles. The molecule has 6 aromatic rings. The first-order chi connectivity index (χ1) is 16.9. The maximum atomic E-state index is 2.44. The Morgan fingerprint density at radius 2 is 0.912 bits per heavy atom. The Hall–Kier alpha value is -3.73. The molecule has 34 heavy (non-hydrogen) atoms. The van der Waals surface area contributed by atoms with E-state index < -0.39 is 17.6 Å². The van der Waals surface area contributed by atoms with Crippen LogP contribution >= 0.6 is 0 Å². The van der Waals surface area contributed by atoms with Crippen LogP contribution in [0.2, 0.25) is 0 Å². The standard InChI is InChI=1S/C32H24Si2/c1-3-15-25(16-4-1)33-27-19-7-11-23-12-8-20-28(31(23)27)34(26-17-5-2-6-18-26)29-21-9-13-24-14-10-22-30(34)32(24)29/h1-22H,33H2. The van der Waals surface area contributed by atoms with E-state index in [1.165, 1.54) is 31.9 Å². The van der Waals surface area contributed by atoms with Gasteiger partial charge < -0.3 is 0 Å². The third-order valence-corrected chi connectivity index (χ3v) is 14.3. The predicted molar refractivity (Wildman–Crippen MR) is 153 cm³/mol. The van der Waals surface area contributed by atoms with Gasteiger partial charge in [0.15, 0.2) is 8.07 Å². The van der Waals surface area contributed by atoms with Gasteiger partial charge in [0.1, 0.15) is 0 Å². The maximum absolute atomic E-state index is 2.44. The summed E-state index contributed by atoms with van der Waals surface area (Å²) < 4.78 is 0. The minimum Gasteiger partial charge on any atom is -0.0633 e. The van der Waals surface area contributed by atoms with Crippen LogP contribution in [0.25, 0.3) is 21.5 Å². The lowest BCUT2D eigenvalue weighted by atomic mass is 10.1. The molecule has 6 aromatic carbocycles. The molecule has 0 spiro atoms. The van der Waals surface area contributed by atoms with Crippen LogP contribution in [0.3, 0.4) is 0 Å². The quantitative estimate of drug-likeness (QED) is 0.352. The van der Waals surface area contributed by atoms with Crippen molar-refractivity contribution in [1.82, 2.24) is 0 Å². The summed E-state index contributed by atoms with van der Waals surface area (Å²) in [5.74, 6) is 0. The molecule has 1 aliphatic rings. The van der Waals surface area contributed by atoms with Crippen molar-refractivity contribution in [3.05, 3.63) is 133 Å². The van der Waals surface area contributed by atoms with E-state index in [1.54, 1.807) is 20.7 Å². The molecule has 1 aliphatic heterocycles. The van der Waals surface area contributed by atoms with Gasteiger partial charge in [0, 0.05) is 0 Å². The molecule has 2 heteroatoms. The number of hydrogen-bond donors (Lipinski definition) is 0. The van der Waals surface area contributed by atoms with Crippen molar-refractivity contribution in [2.45, 2.75) is 0 Å². The smallest absolute Gasteiger partial charge is 0.0633 e. The molecule has 0 unspecified atom stereocenters. The highest BCUT2D eigenvalue weighted by Gasteiger charge is 2.50. The lowest BCUT2D eigenvalue weighted by molar-refractivity contribution is 1.69. The molecule has 0 nitrogen and oxygen atoms in total. The fourth-order valence-corrected chi connectivity index (χ4v) is 13.5. The predicted octanol–water partition coefficient (Wildman–Crippen LogP) is 2.80. The number of benzene rings is 6. The molecule has 0 amide bonds. The lowest BCUT2D eigenvalue weighted by Gasteiger charge is -2.44. The lowest BCUT2D eigenvalue weighted by Crippen LogP contribution is -2.81. The molecule has 0 fully saturated rings. The first kappa shape index (κ1) is 19.7. The van der Waals surface area contributed by atoms with E-state index in [0.29, 0.717) is 0 Å². The zero-order valence-corrected chi connectivity index (χ0v) is 21.3. The molecule has 0 bridgehead atoms. The van der Waals surface area contributed by atoms with E-state index in [0.717, 1.165) is 0 Å².